The Morgan fingerprint density at radius 2 is 1.33 bits per heavy atom. The fraction of sp³-hybridized carbons (Fsp3) is 1.00. The van der Waals surface area contributed by atoms with Crippen LogP contribution in [0.15, 0.2) is 0 Å². The molecule has 1 unspecified atom stereocenters. The molecule has 1 atom stereocenters. The molecule has 0 saturated heterocycles. The van der Waals surface area contributed by atoms with Crippen LogP contribution in [0.1, 0.15) is 7.43 Å². The van der Waals surface area contributed by atoms with Gasteiger partial charge >= 0.3 is 32.2 Å². The van der Waals surface area contributed by atoms with E-state index in [4.69, 9.17) is 0 Å². The van der Waals surface area contributed by atoms with E-state index in [2.05, 4.69) is 14.0 Å². The highest BCUT2D eigenvalue weighted by Gasteiger charge is 2.63. The fourth-order valence-electron chi connectivity index (χ4n) is 0.878. The number of hydrogen-bond acceptors (Lipinski definition) is 4. The molecule has 0 spiro atoms. The lowest BCUT2D eigenvalue weighted by atomic mass is 10.3. The zero-order valence-electron chi connectivity index (χ0n) is 11.3. The highest BCUT2D eigenvalue weighted by Crippen LogP contribution is 2.40. The Morgan fingerprint density at radius 3 is 1.75 bits per heavy atom. The fourth-order valence-corrected chi connectivity index (χ4v) is 1.21. The second kappa shape index (κ2) is 9.16. The van der Waals surface area contributed by atoms with Crippen LogP contribution < -0.4 is 0 Å². The highest BCUT2D eigenvalue weighted by atomic mass is 31.1. The van der Waals surface area contributed by atoms with Gasteiger partial charge in [-0.05, 0) is 4.57 Å². The average molecular weight is 401 g/mol. The van der Waals surface area contributed by atoms with Gasteiger partial charge in [-0.25, -0.2) is 0 Å². The van der Waals surface area contributed by atoms with Gasteiger partial charge in [0.25, 0.3) is 0 Å². The van der Waals surface area contributed by atoms with E-state index in [9.17, 15) is 44.1 Å². The molecule has 14 heteroatoms. The molecule has 0 radical (unpaired) electrons. The highest BCUT2D eigenvalue weighted by molar-refractivity contribution is 7.38. The lowest BCUT2D eigenvalue weighted by Crippen LogP contribution is -2.50. The van der Waals surface area contributed by atoms with Gasteiger partial charge < -0.3 is 9.47 Å². The molecule has 0 amide bonds. The normalized spacial score (nSPS) is 14.3. The van der Waals surface area contributed by atoms with Crippen molar-refractivity contribution >= 4 is 8.03 Å². The van der Waals surface area contributed by atoms with E-state index < -0.39 is 58.6 Å². The van der Waals surface area contributed by atoms with Crippen molar-refractivity contribution in [2.75, 3.05) is 33.1 Å². The van der Waals surface area contributed by atoms with Crippen molar-refractivity contribution < 1.29 is 58.1 Å². The Kier molecular flexibility index (Phi) is 9.77. The number of alkyl halides is 9. The first-order valence-electron chi connectivity index (χ1n) is 5.58. The first-order chi connectivity index (χ1) is 10.1. The minimum atomic E-state index is -6.23. The Labute approximate surface area is 132 Å². The number of rotatable bonds is 10. The van der Waals surface area contributed by atoms with Gasteiger partial charge in [0.05, 0.1) is 6.61 Å². The van der Waals surface area contributed by atoms with Gasteiger partial charge in [0, 0.05) is 0 Å². The Hall–Kier alpha value is -0.650. The summed E-state index contributed by atoms with van der Waals surface area (Å²) in [5.74, 6) is -10.9. The Balaban J connectivity index is 0. The third-order valence-corrected chi connectivity index (χ3v) is 2.61. The third-order valence-electron chi connectivity index (χ3n) is 2.06. The van der Waals surface area contributed by atoms with Crippen molar-refractivity contribution in [3.8, 4) is 0 Å². The number of halogens is 9. The molecule has 0 heterocycles. The molecule has 0 saturated carbocycles. The lowest BCUT2D eigenvalue weighted by molar-refractivity contribution is -0.385. The van der Waals surface area contributed by atoms with Gasteiger partial charge in [-0.15, -0.1) is 4.52 Å². The zero-order valence-corrected chi connectivity index (χ0v) is 12.2. The van der Waals surface area contributed by atoms with E-state index in [0.717, 1.165) is 6.66 Å². The molecule has 0 aromatic carbocycles. The second-order valence-corrected chi connectivity index (χ2v) is 5.18. The smallest absolute Gasteiger partial charge is 0.372 e. The predicted molar refractivity (Wildman–Crippen MR) is 63.9 cm³/mol. The van der Waals surface area contributed by atoms with Gasteiger partial charge in [0.15, 0.2) is 6.66 Å². The van der Waals surface area contributed by atoms with Gasteiger partial charge in [-0.1, -0.05) is 7.43 Å². The largest absolute Gasteiger partial charge is 0.504 e. The van der Waals surface area contributed by atoms with Crippen molar-refractivity contribution in [3.05, 3.63) is 0 Å². The first kappa shape index (κ1) is 25.6. The predicted octanol–water partition coefficient (Wildman–Crippen LogP) is 4.47. The Morgan fingerprint density at radius 1 is 0.833 bits per heavy atom. The van der Waals surface area contributed by atoms with Crippen LogP contribution in [-0.2, 0) is 18.6 Å². The number of ether oxygens (including phenoxy) is 2. The average Bonchev–Trinajstić information content (AvgIpc) is 2.34. The summed E-state index contributed by atoms with van der Waals surface area (Å²) in [4.78, 5) is 0. The maximum Gasteiger partial charge on any atom is 0.504 e. The molecule has 4 nitrogen and oxygen atoms in total. The maximum atomic E-state index is 13.0. The standard InChI is InChI=1S/C9H11F9O4P.CH4/c1-23(19)22-3-2-20-4-7(12,13)9(17,18)21-5-6(10,11)8(14,15)16;/h2-5H2,1H3;1H4/q+1;. The van der Waals surface area contributed by atoms with E-state index in [1.807, 2.05) is 0 Å². The summed E-state index contributed by atoms with van der Waals surface area (Å²) in [5.41, 5.74) is 0. The van der Waals surface area contributed by atoms with Crippen LogP contribution >= 0.6 is 8.03 Å². The summed E-state index contributed by atoms with van der Waals surface area (Å²) in [6, 6.07) is 0. The third kappa shape index (κ3) is 7.95. The van der Waals surface area contributed by atoms with E-state index in [1.54, 1.807) is 0 Å². The summed E-state index contributed by atoms with van der Waals surface area (Å²) < 4.78 is 134. The molecular weight excluding hydrogens is 386 g/mol. The molecular formula is C10H15F9O4P+. The molecule has 0 bridgehead atoms. The second-order valence-electron chi connectivity index (χ2n) is 4.04. The quantitative estimate of drug-likeness (QED) is 0.308. The molecule has 24 heavy (non-hydrogen) atoms. The molecule has 0 aromatic heterocycles. The number of hydrogen-bond donors (Lipinski definition) is 0. The topological polar surface area (TPSA) is 44.8 Å². The van der Waals surface area contributed by atoms with E-state index >= 15 is 0 Å². The SMILES string of the molecule is C.C[P+](=O)OCCOCC(F)(F)C(F)(F)OCC(F)(F)C(F)(F)F. The molecule has 0 aliphatic carbocycles. The molecule has 0 aliphatic rings. The Bertz CT molecular complexity index is 400. The summed E-state index contributed by atoms with van der Waals surface area (Å²) in [5, 5.41) is 0. The summed E-state index contributed by atoms with van der Waals surface area (Å²) in [7, 11) is -2.08. The maximum absolute atomic E-state index is 13.0. The van der Waals surface area contributed by atoms with Crippen molar-refractivity contribution in [1.82, 2.24) is 0 Å². The van der Waals surface area contributed by atoms with Crippen molar-refractivity contribution in [3.63, 3.8) is 0 Å². The van der Waals surface area contributed by atoms with Crippen LogP contribution in [0.3, 0.4) is 0 Å². The van der Waals surface area contributed by atoms with Gasteiger partial charge in [-0.2, -0.15) is 39.5 Å². The van der Waals surface area contributed by atoms with Crippen molar-refractivity contribution in [2.45, 2.75) is 31.6 Å². The van der Waals surface area contributed by atoms with Crippen molar-refractivity contribution in [1.29, 1.82) is 0 Å². The monoisotopic (exact) mass is 401 g/mol. The molecule has 0 N–H and O–H groups in total. The molecule has 0 aromatic rings. The lowest BCUT2D eigenvalue weighted by Gasteiger charge is -2.28. The summed E-state index contributed by atoms with van der Waals surface area (Å²) in [6.45, 7) is -5.09. The molecule has 0 aliphatic heterocycles. The van der Waals surface area contributed by atoms with E-state index in [-0.39, 0.29) is 7.43 Å². The van der Waals surface area contributed by atoms with E-state index in [0.29, 0.717) is 0 Å². The van der Waals surface area contributed by atoms with Gasteiger partial charge in [0.1, 0.15) is 19.8 Å². The molecule has 146 valence electrons. The minimum absolute atomic E-state index is 0. The van der Waals surface area contributed by atoms with Crippen LogP contribution in [0.4, 0.5) is 39.5 Å². The summed E-state index contributed by atoms with van der Waals surface area (Å²) in [6.07, 6.45) is -11.9. The van der Waals surface area contributed by atoms with Crippen LogP contribution in [0.25, 0.3) is 0 Å². The van der Waals surface area contributed by atoms with Crippen LogP contribution in [-0.4, -0.2) is 57.2 Å². The zero-order chi connectivity index (χ0) is 18.5. The van der Waals surface area contributed by atoms with Gasteiger partial charge in [0.2, 0.25) is 0 Å². The minimum Gasteiger partial charge on any atom is -0.372 e. The molecule has 0 fully saturated rings. The first-order valence-corrected chi connectivity index (χ1v) is 7.20. The van der Waals surface area contributed by atoms with Gasteiger partial charge in [-0.3, -0.25) is 0 Å². The van der Waals surface area contributed by atoms with Crippen LogP contribution in [0.5, 0.6) is 0 Å². The van der Waals surface area contributed by atoms with E-state index in [1.165, 1.54) is 0 Å². The molecule has 0 rings (SSSR count). The van der Waals surface area contributed by atoms with Crippen LogP contribution in [0, 0.1) is 0 Å². The summed E-state index contributed by atoms with van der Waals surface area (Å²) >= 11 is 0. The van der Waals surface area contributed by atoms with Crippen molar-refractivity contribution in [2.24, 2.45) is 0 Å². The van der Waals surface area contributed by atoms with Crippen LogP contribution in [0.2, 0.25) is 0 Å².